The zero-order valence-electron chi connectivity index (χ0n) is 11.6. The van der Waals surface area contributed by atoms with Gasteiger partial charge in [0.25, 0.3) is 0 Å². The minimum Gasteiger partial charge on any atom is -0.373 e. The average Bonchev–Trinajstić information content (AvgIpc) is 2.99. The maximum absolute atomic E-state index is 11.7. The van der Waals surface area contributed by atoms with Crippen molar-refractivity contribution in [2.75, 3.05) is 19.6 Å². The van der Waals surface area contributed by atoms with Crippen LogP contribution in [0.25, 0.3) is 0 Å². The lowest BCUT2D eigenvalue weighted by Gasteiger charge is -2.40. The van der Waals surface area contributed by atoms with Gasteiger partial charge in [-0.3, -0.25) is 15.0 Å². The topological polar surface area (TPSA) is 67.6 Å². The first-order valence-electron chi connectivity index (χ1n) is 6.84. The molecule has 1 amide bonds. The maximum atomic E-state index is 11.7. The molecule has 3 N–H and O–H groups in total. The first kappa shape index (κ1) is 13.8. The van der Waals surface area contributed by atoms with Crippen LogP contribution < -0.4 is 11.1 Å². The first-order chi connectivity index (χ1) is 8.39. The van der Waals surface area contributed by atoms with Gasteiger partial charge >= 0.3 is 0 Å². The van der Waals surface area contributed by atoms with Crippen LogP contribution in [0.4, 0.5) is 0 Å². The lowest BCUT2D eigenvalue weighted by atomic mass is 9.99. The van der Waals surface area contributed by atoms with E-state index in [1.165, 1.54) is 0 Å². The molecule has 0 aromatic rings. The Morgan fingerprint density at radius 2 is 1.94 bits per heavy atom. The molecule has 0 radical (unpaired) electrons. The zero-order valence-corrected chi connectivity index (χ0v) is 11.6. The van der Waals surface area contributed by atoms with Gasteiger partial charge in [0.2, 0.25) is 5.91 Å². The number of hydrogen-bond donors (Lipinski definition) is 2. The number of nitrogens with two attached hydrogens (primary N) is 1. The van der Waals surface area contributed by atoms with Crippen LogP contribution in [0.5, 0.6) is 0 Å². The second kappa shape index (κ2) is 5.15. The van der Waals surface area contributed by atoms with Crippen molar-refractivity contribution in [2.24, 2.45) is 5.73 Å². The maximum Gasteiger partial charge on any atom is 0.238 e. The summed E-state index contributed by atoms with van der Waals surface area (Å²) >= 11 is 0. The van der Waals surface area contributed by atoms with E-state index in [1.807, 2.05) is 6.92 Å². The summed E-state index contributed by atoms with van der Waals surface area (Å²) in [5.74, 6) is -0.263. The van der Waals surface area contributed by atoms with Crippen LogP contribution >= 0.6 is 0 Å². The molecule has 1 saturated heterocycles. The van der Waals surface area contributed by atoms with Gasteiger partial charge in [0, 0.05) is 25.7 Å². The van der Waals surface area contributed by atoms with Gasteiger partial charge in [0.1, 0.15) is 5.54 Å². The highest BCUT2D eigenvalue weighted by molar-refractivity contribution is 5.84. The molecule has 1 aliphatic heterocycles. The van der Waals surface area contributed by atoms with Crippen LogP contribution in [0.15, 0.2) is 0 Å². The second-order valence-corrected chi connectivity index (χ2v) is 6.07. The fraction of sp³-hybridized carbons (Fsp3) is 0.923. The molecule has 2 fully saturated rings. The molecule has 1 aliphatic carbocycles. The minimum atomic E-state index is -0.627. The van der Waals surface area contributed by atoms with Crippen molar-refractivity contribution in [3.8, 4) is 0 Å². The highest BCUT2D eigenvalue weighted by atomic mass is 16.5. The van der Waals surface area contributed by atoms with E-state index in [1.54, 1.807) is 0 Å². The summed E-state index contributed by atoms with van der Waals surface area (Å²) in [6, 6.07) is 0.471. The molecular formula is C13H25N3O2. The Morgan fingerprint density at radius 1 is 1.39 bits per heavy atom. The van der Waals surface area contributed by atoms with Crippen molar-refractivity contribution in [1.29, 1.82) is 0 Å². The number of rotatable bonds is 5. The van der Waals surface area contributed by atoms with Crippen molar-refractivity contribution >= 4 is 5.91 Å². The fourth-order valence-electron chi connectivity index (χ4n) is 2.73. The molecule has 0 aromatic carbocycles. The Kier molecular flexibility index (Phi) is 3.94. The van der Waals surface area contributed by atoms with Crippen LogP contribution in [-0.2, 0) is 9.53 Å². The standard InChI is InChI=1S/C13H25N3O2/c1-9-6-16(7-10(2)18-9)8-13(3,12(14)17)15-11-4-5-11/h9-11,15H,4-8H2,1-3H3,(H2,14,17). The molecule has 3 unspecified atom stereocenters. The van der Waals surface area contributed by atoms with Gasteiger partial charge in [0.05, 0.1) is 12.2 Å². The molecule has 2 aliphatic rings. The van der Waals surface area contributed by atoms with Crippen LogP contribution in [0, 0.1) is 0 Å². The molecule has 5 nitrogen and oxygen atoms in total. The number of nitrogens with zero attached hydrogens (tertiary/aromatic N) is 1. The van der Waals surface area contributed by atoms with Crippen LogP contribution in [0.2, 0.25) is 0 Å². The summed E-state index contributed by atoms with van der Waals surface area (Å²) in [6.07, 6.45) is 2.73. The largest absolute Gasteiger partial charge is 0.373 e. The van der Waals surface area contributed by atoms with Gasteiger partial charge in [-0.2, -0.15) is 0 Å². The molecule has 1 heterocycles. The summed E-state index contributed by atoms with van der Waals surface area (Å²) in [7, 11) is 0. The lowest BCUT2D eigenvalue weighted by molar-refractivity contribution is -0.126. The third kappa shape index (κ3) is 3.43. The van der Waals surface area contributed by atoms with Crippen LogP contribution in [0.1, 0.15) is 33.6 Å². The summed E-state index contributed by atoms with van der Waals surface area (Å²) in [4.78, 5) is 14.0. The Bertz CT molecular complexity index is 309. The summed E-state index contributed by atoms with van der Waals surface area (Å²) in [6.45, 7) is 8.44. The highest BCUT2D eigenvalue weighted by Crippen LogP contribution is 2.23. The molecule has 0 aromatic heterocycles. The van der Waals surface area contributed by atoms with Crippen LogP contribution in [0.3, 0.4) is 0 Å². The first-order valence-corrected chi connectivity index (χ1v) is 6.84. The van der Waals surface area contributed by atoms with E-state index in [9.17, 15) is 4.79 Å². The van der Waals surface area contributed by atoms with Crippen molar-refractivity contribution in [3.05, 3.63) is 0 Å². The molecule has 104 valence electrons. The molecule has 1 saturated carbocycles. The van der Waals surface area contributed by atoms with Gasteiger partial charge < -0.3 is 10.5 Å². The van der Waals surface area contributed by atoms with Crippen LogP contribution in [-0.4, -0.2) is 54.2 Å². The Labute approximate surface area is 109 Å². The van der Waals surface area contributed by atoms with Gasteiger partial charge in [-0.05, 0) is 33.6 Å². The predicted octanol–water partition coefficient (Wildman–Crippen LogP) is 0.0916. The van der Waals surface area contributed by atoms with Crippen molar-refractivity contribution in [1.82, 2.24) is 10.2 Å². The number of carbonyl (C=O) groups is 1. The highest BCUT2D eigenvalue weighted by Gasteiger charge is 2.39. The number of primary amides is 1. The second-order valence-electron chi connectivity index (χ2n) is 6.07. The molecule has 0 bridgehead atoms. The van der Waals surface area contributed by atoms with E-state index in [-0.39, 0.29) is 18.1 Å². The van der Waals surface area contributed by atoms with Crippen molar-refractivity contribution in [2.45, 2.75) is 57.4 Å². The van der Waals surface area contributed by atoms with E-state index in [4.69, 9.17) is 10.5 Å². The number of morpholine rings is 1. The Hall–Kier alpha value is -0.650. The average molecular weight is 255 g/mol. The van der Waals surface area contributed by atoms with Gasteiger partial charge in [-0.25, -0.2) is 0 Å². The van der Waals surface area contributed by atoms with E-state index in [0.717, 1.165) is 25.9 Å². The summed E-state index contributed by atoms with van der Waals surface area (Å²) in [5.41, 5.74) is 4.95. The van der Waals surface area contributed by atoms with Gasteiger partial charge in [-0.1, -0.05) is 0 Å². The van der Waals surface area contributed by atoms with Crippen molar-refractivity contribution in [3.63, 3.8) is 0 Å². The van der Waals surface area contributed by atoms with Gasteiger partial charge in [0.15, 0.2) is 0 Å². The van der Waals surface area contributed by atoms with E-state index < -0.39 is 5.54 Å². The number of amides is 1. The molecular weight excluding hydrogens is 230 g/mol. The van der Waals surface area contributed by atoms with E-state index in [0.29, 0.717) is 12.6 Å². The zero-order chi connectivity index (χ0) is 13.3. The molecule has 18 heavy (non-hydrogen) atoms. The molecule has 5 heteroatoms. The minimum absolute atomic E-state index is 0.215. The predicted molar refractivity (Wildman–Crippen MR) is 70.2 cm³/mol. The monoisotopic (exact) mass is 255 g/mol. The summed E-state index contributed by atoms with van der Waals surface area (Å²) < 4.78 is 5.71. The quantitative estimate of drug-likeness (QED) is 0.731. The smallest absolute Gasteiger partial charge is 0.238 e. The van der Waals surface area contributed by atoms with Crippen molar-refractivity contribution < 1.29 is 9.53 Å². The number of ether oxygens (including phenoxy) is 1. The molecule has 2 rings (SSSR count). The summed E-state index contributed by atoms with van der Waals surface area (Å²) in [5, 5.41) is 3.39. The van der Waals surface area contributed by atoms with Gasteiger partial charge in [-0.15, -0.1) is 0 Å². The molecule has 0 spiro atoms. The lowest BCUT2D eigenvalue weighted by Crippen LogP contribution is -2.62. The Morgan fingerprint density at radius 3 is 2.39 bits per heavy atom. The number of nitrogens with one attached hydrogen (secondary N) is 1. The SMILES string of the molecule is CC1CN(CC(C)(NC2CC2)C(N)=O)CC(C)O1. The Balaban J connectivity index is 1.96. The molecule has 3 atom stereocenters. The third-order valence-corrected chi connectivity index (χ3v) is 3.68. The third-order valence-electron chi connectivity index (χ3n) is 3.68. The normalized spacial score (nSPS) is 33.1. The van der Waals surface area contributed by atoms with E-state index in [2.05, 4.69) is 24.1 Å². The van der Waals surface area contributed by atoms with E-state index >= 15 is 0 Å². The number of hydrogen-bond acceptors (Lipinski definition) is 4. The number of carbonyl (C=O) groups excluding carboxylic acids is 1. The fourth-order valence-corrected chi connectivity index (χ4v) is 2.73.